The van der Waals surface area contributed by atoms with E-state index in [2.05, 4.69) is 16.6 Å². The summed E-state index contributed by atoms with van der Waals surface area (Å²) in [5.74, 6) is 0. The monoisotopic (exact) mass is 166 g/mol. The Morgan fingerprint density at radius 1 is 1.42 bits per heavy atom. The van der Waals surface area contributed by atoms with Crippen LogP contribution in [0.2, 0.25) is 0 Å². The van der Waals surface area contributed by atoms with Crippen LogP contribution in [0.3, 0.4) is 0 Å². The second-order valence-corrected chi connectivity index (χ2v) is 2.46. The maximum absolute atomic E-state index is 7.31. The fourth-order valence-electron chi connectivity index (χ4n) is 0.543. The third-order valence-electron chi connectivity index (χ3n) is 1.10. The Morgan fingerprint density at radius 3 is 2.33 bits per heavy atom. The Hall–Kier alpha value is -1.38. The average Bonchev–Trinajstić information content (AvgIpc) is 1.96. The van der Waals surface area contributed by atoms with Crippen molar-refractivity contribution in [3.63, 3.8) is 0 Å². The van der Waals surface area contributed by atoms with Gasteiger partial charge in [0, 0.05) is 0 Å². The van der Waals surface area contributed by atoms with Crippen molar-refractivity contribution in [3.8, 4) is 0 Å². The summed E-state index contributed by atoms with van der Waals surface area (Å²) in [6.45, 7) is 7.22. The minimum atomic E-state index is 0.370. The van der Waals surface area contributed by atoms with Crippen LogP contribution in [0.1, 0.15) is 13.8 Å². The van der Waals surface area contributed by atoms with Gasteiger partial charge >= 0.3 is 0 Å². The van der Waals surface area contributed by atoms with Crippen LogP contribution in [-0.4, -0.2) is 18.5 Å². The minimum Gasteiger partial charge on any atom is -0.399 e. The minimum absolute atomic E-state index is 0.370. The van der Waals surface area contributed by atoms with Crippen molar-refractivity contribution >= 4 is 11.4 Å². The second-order valence-electron chi connectivity index (χ2n) is 2.46. The van der Waals surface area contributed by atoms with Crippen molar-refractivity contribution < 1.29 is 4.84 Å². The summed E-state index contributed by atoms with van der Waals surface area (Å²) >= 11 is 0. The van der Waals surface area contributed by atoms with E-state index >= 15 is 0 Å². The van der Waals surface area contributed by atoms with E-state index in [1.807, 2.05) is 6.92 Å². The molecule has 0 aliphatic heterocycles. The lowest BCUT2D eigenvalue weighted by atomic mass is 10.2. The highest BCUT2D eigenvalue weighted by molar-refractivity contribution is 6.44. The molecule has 0 aromatic carbocycles. The molecule has 0 bridgehead atoms. The van der Waals surface area contributed by atoms with Crippen LogP contribution in [0.5, 0.6) is 0 Å². The standard InChI is InChI=1S/C9H14N2O/c1-7(2)5-6-9(8(3)10)11-12-4/h5-6,10H,1H2,2-4H3. The smallest absolute Gasteiger partial charge is 0.123 e. The van der Waals surface area contributed by atoms with Crippen LogP contribution in [0.4, 0.5) is 0 Å². The predicted molar refractivity (Wildman–Crippen MR) is 51.8 cm³/mol. The summed E-state index contributed by atoms with van der Waals surface area (Å²) in [4.78, 5) is 4.56. The summed E-state index contributed by atoms with van der Waals surface area (Å²) in [7, 11) is 1.46. The van der Waals surface area contributed by atoms with E-state index in [9.17, 15) is 0 Å². The van der Waals surface area contributed by atoms with Gasteiger partial charge < -0.3 is 10.2 Å². The van der Waals surface area contributed by atoms with Crippen LogP contribution >= 0.6 is 0 Å². The van der Waals surface area contributed by atoms with Gasteiger partial charge in [0.05, 0.1) is 5.71 Å². The fourth-order valence-corrected chi connectivity index (χ4v) is 0.543. The first-order valence-corrected chi connectivity index (χ1v) is 3.58. The summed E-state index contributed by atoms with van der Waals surface area (Å²) in [5, 5.41) is 11.0. The maximum Gasteiger partial charge on any atom is 0.123 e. The van der Waals surface area contributed by atoms with E-state index in [1.54, 1.807) is 19.1 Å². The molecule has 0 rings (SSSR count). The molecule has 12 heavy (non-hydrogen) atoms. The molecule has 0 aliphatic carbocycles. The van der Waals surface area contributed by atoms with Crippen molar-refractivity contribution in [2.24, 2.45) is 5.16 Å². The quantitative estimate of drug-likeness (QED) is 0.388. The van der Waals surface area contributed by atoms with Crippen LogP contribution in [0.15, 0.2) is 29.5 Å². The molecule has 0 saturated carbocycles. The summed E-state index contributed by atoms with van der Waals surface area (Å²) in [5.41, 5.74) is 1.80. The molecule has 0 radical (unpaired) electrons. The SMILES string of the molecule is C=C(C)C=CC(=NOC)C(C)=N. The van der Waals surface area contributed by atoms with E-state index in [4.69, 9.17) is 5.41 Å². The van der Waals surface area contributed by atoms with Crippen molar-refractivity contribution in [3.05, 3.63) is 24.3 Å². The molecular weight excluding hydrogens is 152 g/mol. The lowest BCUT2D eigenvalue weighted by Gasteiger charge is -1.95. The van der Waals surface area contributed by atoms with Gasteiger partial charge in [-0.1, -0.05) is 23.4 Å². The molecule has 3 nitrogen and oxygen atoms in total. The predicted octanol–water partition coefficient (Wildman–Crippen LogP) is 2.16. The Morgan fingerprint density at radius 2 is 2.00 bits per heavy atom. The summed E-state index contributed by atoms with van der Waals surface area (Å²) < 4.78 is 0. The molecule has 1 N–H and O–H groups in total. The largest absolute Gasteiger partial charge is 0.399 e. The lowest BCUT2D eigenvalue weighted by molar-refractivity contribution is 0.214. The van der Waals surface area contributed by atoms with E-state index in [1.165, 1.54) is 7.11 Å². The van der Waals surface area contributed by atoms with Gasteiger partial charge in [-0.25, -0.2) is 0 Å². The molecule has 0 fully saturated rings. The average molecular weight is 166 g/mol. The molecule has 3 heteroatoms. The highest BCUT2D eigenvalue weighted by Gasteiger charge is 1.96. The number of nitrogens with one attached hydrogen (secondary N) is 1. The highest BCUT2D eigenvalue weighted by Crippen LogP contribution is 1.92. The van der Waals surface area contributed by atoms with Gasteiger partial charge in [-0.3, -0.25) is 0 Å². The molecule has 0 amide bonds. The van der Waals surface area contributed by atoms with E-state index in [-0.39, 0.29) is 0 Å². The van der Waals surface area contributed by atoms with Crippen molar-refractivity contribution in [2.75, 3.05) is 7.11 Å². The molecule has 0 spiro atoms. The molecule has 66 valence electrons. The Bertz CT molecular complexity index is 239. The van der Waals surface area contributed by atoms with Gasteiger partial charge in [0.25, 0.3) is 0 Å². The molecular formula is C9H14N2O. The summed E-state index contributed by atoms with van der Waals surface area (Å²) in [6, 6.07) is 0. The first-order chi connectivity index (χ1) is 5.57. The third-order valence-corrected chi connectivity index (χ3v) is 1.10. The Labute approximate surface area is 72.9 Å². The first-order valence-electron chi connectivity index (χ1n) is 3.58. The van der Waals surface area contributed by atoms with Crippen LogP contribution in [0, 0.1) is 5.41 Å². The van der Waals surface area contributed by atoms with Crippen LogP contribution < -0.4 is 0 Å². The van der Waals surface area contributed by atoms with Gasteiger partial charge in [0.15, 0.2) is 0 Å². The highest BCUT2D eigenvalue weighted by atomic mass is 16.6. The van der Waals surface area contributed by atoms with Crippen molar-refractivity contribution in [2.45, 2.75) is 13.8 Å². The van der Waals surface area contributed by atoms with Gasteiger partial charge in [-0.15, -0.1) is 0 Å². The lowest BCUT2D eigenvalue weighted by Crippen LogP contribution is -2.05. The number of hydrogen-bond acceptors (Lipinski definition) is 3. The number of oxime groups is 1. The third kappa shape index (κ3) is 4.44. The first kappa shape index (κ1) is 10.6. The molecule has 0 saturated heterocycles. The zero-order chi connectivity index (χ0) is 9.56. The molecule has 0 aromatic rings. The molecule has 0 atom stereocenters. The van der Waals surface area contributed by atoms with E-state index in [0.717, 1.165) is 5.57 Å². The van der Waals surface area contributed by atoms with Gasteiger partial charge in [0.2, 0.25) is 0 Å². The zero-order valence-corrected chi connectivity index (χ0v) is 7.72. The number of allylic oxidation sites excluding steroid dienone is 3. The Kier molecular flexibility index (Phi) is 4.69. The van der Waals surface area contributed by atoms with Crippen LogP contribution in [-0.2, 0) is 4.84 Å². The number of hydrogen-bond donors (Lipinski definition) is 1. The van der Waals surface area contributed by atoms with E-state index in [0.29, 0.717) is 11.4 Å². The van der Waals surface area contributed by atoms with Crippen molar-refractivity contribution in [1.29, 1.82) is 5.41 Å². The number of nitrogens with zero attached hydrogens (tertiary/aromatic N) is 1. The van der Waals surface area contributed by atoms with E-state index < -0.39 is 0 Å². The second kappa shape index (κ2) is 5.29. The molecule has 0 heterocycles. The zero-order valence-electron chi connectivity index (χ0n) is 7.72. The van der Waals surface area contributed by atoms with Gasteiger partial charge in [-0.05, 0) is 19.9 Å². The number of rotatable bonds is 4. The van der Waals surface area contributed by atoms with Gasteiger partial charge in [0.1, 0.15) is 12.8 Å². The van der Waals surface area contributed by atoms with Crippen LogP contribution in [0.25, 0.3) is 0 Å². The normalized spacial score (nSPS) is 11.8. The van der Waals surface area contributed by atoms with Crippen molar-refractivity contribution in [1.82, 2.24) is 0 Å². The topological polar surface area (TPSA) is 45.4 Å². The maximum atomic E-state index is 7.31. The van der Waals surface area contributed by atoms with Gasteiger partial charge in [-0.2, -0.15) is 0 Å². The molecule has 0 aromatic heterocycles. The Balaban J connectivity index is 4.45. The fraction of sp³-hybridized carbons (Fsp3) is 0.333. The molecule has 0 aliphatic rings. The summed E-state index contributed by atoms with van der Waals surface area (Å²) in [6.07, 6.45) is 3.49. The molecule has 0 unspecified atom stereocenters.